The predicted molar refractivity (Wildman–Crippen MR) is 130 cm³/mol. The summed E-state index contributed by atoms with van der Waals surface area (Å²) >= 11 is 0. The van der Waals surface area contributed by atoms with Gasteiger partial charge in [-0.25, -0.2) is 0 Å². The van der Waals surface area contributed by atoms with E-state index in [0.717, 1.165) is 61.6 Å². The molecule has 33 heavy (non-hydrogen) atoms. The lowest BCUT2D eigenvalue weighted by Gasteiger charge is -2.38. The zero-order chi connectivity index (χ0) is 22.6. The van der Waals surface area contributed by atoms with Crippen LogP contribution in [0.2, 0.25) is 0 Å². The van der Waals surface area contributed by atoms with Crippen molar-refractivity contribution in [3.8, 4) is 11.5 Å². The van der Waals surface area contributed by atoms with Gasteiger partial charge in [-0.1, -0.05) is 42.5 Å². The average Bonchev–Trinajstić information content (AvgIpc) is 3.35. The maximum absolute atomic E-state index is 14.1. The molecule has 170 valence electrons. The smallest absolute Gasteiger partial charge is 0.250 e. The molecule has 1 amide bonds. The zero-order valence-electron chi connectivity index (χ0n) is 19.0. The monoisotopic (exact) mass is 442 g/mol. The van der Waals surface area contributed by atoms with Gasteiger partial charge in [-0.05, 0) is 60.2 Å². The predicted octanol–water partition coefficient (Wildman–Crippen LogP) is 5.54. The fourth-order valence-corrected chi connectivity index (χ4v) is 4.93. The summed E-state index contributed by atoms with van der Waals surface area (Å²) in [4.78, 5) is 16.2. The summed E-state index contributed by atoms with van der Waals surface area (Å²) in [6.45, 7) is 1.51. The van der Waals surface area contributed by atoms with Gasteiger partial charge >= 0.3 is 0 Å². The van der Waals surface area contributed by atoms with Crippen molar-refractivity contribution in [3.63, 3.8) is 0 Å². The highest BCUT2D eigenvalue weighted by Crippen LogP contribution is 2.37. The number of carbonyl (C=O) groups is 1. The minimum absolute atomic E-state index is 0.0791. The fraction of sp³-hybridized carbons (Fsp3) is 0.321. The third-order valence-corrected chi connectivity index (χ3v) is 6.64. The molecule has 3 aromatic rings. The Morgan fingerprint density at radius 2 is 1.94 bits per heavy atom. The summed E-state index contributed by atoms with van der Waals surface area (Å²) in [5, 5.41) is 3.49. The number of ether oxygens (including phenoxy) is 2. The first-order chi connectivity index (χ1) is 16.2. The molecular weight excluding hydrogens is 412 g/mol. The molecule has 3 aromatic carbocycles. The molecule has 1 saturated heterocycles. The summed E-state index contributed by atoms with van der Waals surface area (Å²) in [6.07, 6.45) is 4.07. The van der Waals surface area contributed by atoms with Crippen molar-refractivity contribution in [2.75, 3.05) is 25.6 Å². The standard InChI is InChI=1S/C28H30N2O3/c1-32-24-11-7-10-23(19-24)29-27(20-8-3-2-4-9-20)28(31)30-16-6-5-12-25(30)21-13-14-26-22(18-21)15-17-33-26/h2-4,7-11,13-14,18-19,25,27,29H,5-6,12,15-17H2,1H3. The number of methoxy groups -OCH3 is 1. The minimum Gasteiger partial charge on any atom is -0.497 e. The molecule has 2 aliphatic heterocycles. The molecule has 5 nitrogen and oxygen atoms in total. The Morgan fingerprint density at radius 3 is 2.79 bits per heavy atom. The minimum atomic E-state index is -0.475. The first kappa shape index (κ1) is 21.4. The van der Waals surface area contributed by atoms with E-state index in [-0.39, 0.29) is 11.9 Å². The van der Waals surface area contributed by atoms with E-state index in [4.69, 9.17) is 9.47 Å². The van der Waals surface area contributed by atoms with Crippen LogP contribution >= 0.6 is 0 Å². The number of piperidine rings is 1. The molecular formula is C28H30N2O3. The van der Waals surface area contributed by atoms with Gasteiger partial charge < -0.3 is 19.7 Å². The highest BCUT2D eigenvalue weighted by molar-refractivity contribution is 5.86. The highest BCUT2D eigenvalue weighted by atomic mass is 16.5. The van der Waals surface area contributed by atoms with Gasteiger partial charge in [0.05, 0.1) is 19.8 Å². The van der Waals surface area contributed by atoms with Crippen LogP contribution < -0.4 is 14.8 Å². The first-order valence-corrected chi connectivity index (χ1v) is 11.7. The Kier molecular flexibility index (Phi) is 6.20. The molecule has 1 N–H and O–H groups in total. The number of nitrogens with zero attached hydrogens (tertiary/aromatic N) is 1. The Bertz CT molecular complexity index is 1120. The molecule has 5 rings (SSSR count). The van der Waals surface area contributed by atoms with Gasteiger partial charge in [0.15, 0.2) is 0 Å². The van der Waals surface area contributed by atoms with Crippen molar-refractivity contribution < 1.29 is 14.3 Å². The molecule has 0 bridgehead atoms. The van der Waals surface area contributed by atoms with E-state index in [2.05, 4.69) is 28.4 Å². The third kappa shape index (κ3) is 4.54. The van der Waals surface area contributed by atoms with E-state index < -0.39 is 6.04 Å². The Labute approximate surface area is 195 Å². The summed E-state index contributed by atoms with van der Waals surface area (Å²) in [5.74, 6) is 1.84. The number of anilines is 1. The number of carbonyl (C=O) groups excluding carboxylic acids is 1. The van der Waals surface area contributed by atoms with E-state index in [1.807, 2.05) is 54.6 Å². The van der Waals surface area contributed by atoms with Gasteiger partial charge in [0.25, 0.3) is 0 Å². The van der Waals surface area contributed by atoms with Crippen molar-refractivity contribution in [1.82, 2.24) is 4.90 Å². The molecule has 5 heteroatoms. The molecule has 0 saturated carbocycles. The summed E-state index contributed by atoms with van der Waals surface area (Å²) < 4.78 is 11.1. The van der Waals surface area contributed by atoms with Crippen LogP contribution in [0.3, 0.4) is 0 Å². The van der Waals surface area contributed by atoms with Crippen molar-refractivity contribution >= 4 is 11.6 Å². The molecule has 2 atom stereocenters. The van der Waals surface area contributed by atoms with Crippen LogP contribution in [0.4, 0.5) is 5.69 Å². The molecule has 2 heterocycles. The lowest BCUT2D eigenvalue weighted by Crippen LogP contribution is -2.43. The molecule has 2 aliphatic rings. The zero-order valence-corrected chi connectivity index (χ0v) is 19.0. The number of rotatable bonds is 6. The maximum atomic E-state index is 14.1. The highest BCUT2D eigenvalue weighted by Gasteiger charge is 2.34. The number of likely N-dealkylation sites (tertiary alicyclic amines) is 1. The first-order valence-electron chi connectivity index (χ1n) is 11.7. The van der Waals surface area contributed by atoms with E-state index in [1.54, 1.807) is 7.11 Å². The number of hydrogen-bond acceptors (Lipinski definition) is 4. The average molecular weight is 443 g/mol. The second-order valence-electron chi connectivity index (χ2n) is 8.73. The molecule has 0 spiro atoms. The summed E-state index contributed by atoms with van der Waals surface area (Å²) in [6, 6.07) is 23.8. The fourth-order valence-electron chi connectivity index (χ4n) is 4.93. The van der Waals surface area contributed by atoms with Gasteiger partial charge in [-0.2, -0.15) is 0 Å². The Balaban J connectivity index is 1.46. The topological polar surface area (TPSA) is 50.8 Å². The van der Waals surface area contributed by atoms with Crippen LogP contribution in [0.15, 0.2) is 72.8 Å². The van der Waals surface area contributed by atoms with E-state index in [9.17, 15) is 4.79 Å². The van der Waals surface area contributed by atoms with Crippen LogP contribution in [0.5, 0.6) is 11.5 Å². The number of amides is 1. The number of benzene rings is 3. The van der Waals surface area contributed by atoms with Gasteiger partial charge in [-0.15, -0.1) is 0 Å². The quantitative estimate of drug-likeness (QED) is 0.545. The van der Waals surface area contributed by atoms with Crippen LogP contribution in [0.25, 0.3) is 0 Å². The van der Waals surface area contributed by atoms with E-state index >= 15 is 0 Å². The van der Waals surface area contributed by atoms with Crippen LogP contribution in [0.1, 0.15) is 48.0 Å². The molecule has 2 unspecified atom stereocenters. The lowest BCUT2D eigenvalue weighted by atomic mass is 9.92. The van der Waals surface area contributed by atoms with Gasteiger partial charge in [0.1, 0.15) is 17.5 Å². The van der Waals surface area contributed by atoms with Crippen molar-refractivity contribution in [2.45, 2.75) is 37.8 Å². The van der Waals surface area contributed by atoms with Crippen LogP contribution in [-0.2, 0) is 11.2 Å². The maximum Gasteiger partial charge on any atom is 0.250 e. The van der Waals surface area contributed by atoms with Crippen molar-refractivity contribution in [2.24, 2.45) is 0 Å². The second-order valence-corrected chi connectivity index (χ2v) is 8.73. The largest absolute Gasteiger partial charge is 0.497 e. The van der Waals surface area contributed by atoms with Gasteiger partial charge in [-0.3, -0.25) is 4.79 Å². The summed E-state index contributed by atoms with van der Waals surface area (Å²) in [5.41, 5.74) is 4.27. The lowest BCUT2D eigenvalue weighted by molar-refractivity contribution is -0.136. The summed E-state index contributed by atoms with van der Waals surface area (Å²) in [7, 11) is 1.65. The van der Waals surface area contributed by atoms with Crippen molar-refractivity contribution in [3.05, 3.63) is 89.5 Å². The molecule has 0 aliphatic carbocycles. The normalized spacial score (nSPS) is 18.2. The number of fused-ring (bicyclic) bond motifs is 1. The Morgan fingerprint density at radius 1 is 1.06 bits per heavy atom. The molecule has 1 fully saturated rings. The van der Waals surface area contributed by atoms with Crippen LogP contribution in [-0.4, -0.2) is 31.1 Å². The van der Waals surface area contributed by atoms with Gasteiger partial charge in [0.2, 0.25) is 5.91 Å². The second kappa shape index (κ2) is 9.57. The van der Waals surface area contributed by atoms with Gasteiger partial charge in [0, 0.05) is 24.7 Å². The SMILES string of the molecule is COc1cccc(NC(C(=O)N2CCCCC2c2ccc3c(c2)CCO3)c2ccccc2)c1. The molecule has 0 radical (unpaired) electrons. The number of nitrogens with one attached hydrogen (secondary N) is 1. The van der Waals surface area contributed by atoms with E-state index in [0.29, 0.717) is 0 Å². The van der Waals surface area contributed by atoms with E-state index in [1.165, 1.54) is 11.1 Å². The van der Waals surface area contributed by atoms with Crippen molar-refractivity contribution in [1.29, 1.82) is 0 Å². The Hall–Kier alpha value is -3.47. The molecule has 0 aromatic heterocycles. The third-order valence-electron chi connectivity index (χ3n) is 6.64. The number of hydrogen-bond donors (Lipinski definition) is 1. The van der Waals surface area contributed by atoms with Crippen LogP contribution in [0, 0.1) is 0 Å².